The summed E-state index contributed by atoms with van der Waals surface area (Å²) in [7, 11) is 1.60. The lowest BCUT2D eigenvalue weighted by Gasteiger charge is -2.03. The minimum atomic E-state index is -0.525. The predicted octanol–water partition coefficient (Wildman–Crippen LogP) is 4.25. The fourth-order valence-corrected chi connectivity index (χ4v) is 3.22. The number of benzene rings is 1. The van der Waals surface area contributed by atoms with Gasteiger partial charge in [0.25, 0.3) is 5.24 Å². The van der Waals surface area contributed by atoms with Crippen LogP contribution < -0.4 is 4.74 Å². The van der Waals surface area contributed by atoms with Gasteiger partial charge < -0.3 is 4.74 Å². The van der Waals surface area contributed by atoms with Gasteiger partial charge in [-0.15, -0.1) is 11.3 Å². The van der Waals surface area contributed by atoms with Crippen LogP contribution in [0.4, 0.5) is 0 Å². The van der Waals surface area contributed by atoms with Gasteiger partial charge in [0.2, 0.25) is 0 Å². The van der Waals surface area contributed by atoms with Crippen molar-refractivity contribution in [3.05, 3.63) is 27.6 Å². The fraction of sp³-hybridized carbons (Fsp3) is 0.182. The largest absolute Gasteiger partial charge is 0.496 e. The molecule has 0 bridgehead atoms. The lowest BCUT2D eigenvalue weighted by atomic mass is 10.1. The molecule has 84 valence electrons. The number of hydrogen-bond donors (Lipinski definition) is 0. The van der Waals surface area contributed by atoms with Gasteiger partial charge in [0.1, 0.15) is 10.6 Å². The van der Waals surface area contributed by atoms with Crippen molar-refractivity contribution in [2.24, 2.45) is 0 Å². The maximum absolute atomic E-state index is 11.1. The first-order valence-electron chi connectivity index (χ1n) is 4.51. The van der Waals surface area contributed by atoms with Crippen molar-refractivity contribution in [2.45, 2.75) is 6.92 Å². The molecule has 0 aliphatic carbocycles. The fourth-order valence-electron chi connectivity index (χ4n) is 1.54. The van der Waals surface area contributed by atoms with E-state index in [1.807, 2.05) is 19.1 Å². The summed E-state index contributed by atoms with van der Waals surface area (Å²) in [5.41, 5.74) is 1.00. The zero-order valence-electron chi connectivity index (χ0n) is 8.64. The van der Waals surface area contributed by atoms with Gasteiger partial charge in [-0.3, -0.25) is 4.79 Å². The first kappa shape index (κ1) is 11.7. The highest BCUT2D eigenvalue weighted by Crippen LogP contribution is 2.39. The standard InChI is InChI=1S/C11H8Cl2O2S/c1-5-3-8-6(4-7(5)15-2)9(12)10(16-8)11(13)14/h3-4H,1-2H3. The molecule has 2 nitrogen and oxygen atoms in total. The van der Waals surface area contributed by atoms with Crippen molar-refractivity contribution in [2.75, 3.05) is 7.11 Å². The van der Waals surface area contributed by atoms with Crippen molar-refractivity contribution in [3.8, 4) is 5.75 Å². The van der Waals surface area contributed by atoms with Gasteiger partial charge >= 0.3 is 0 Å². The van der Waals surface area contributed by atoms with Gasteiger partial charge in [0.05, 0.1) is 12.1 Å². The lowest BCUT2D eigenvalue weighted by Crippen LogP contribution is -1.86. The Labute approximate surface area is 107 Å². The molecule has 0 N–H and O–H groups in total. The topological polar surface area (TPSA) is 26.3 Å². The van der Waals surface area contributed by atoms with Crippen LogP contribution in [-0.2, 0) is 0 Å². The average molecular weight is 275 g/mol. The number of fused-ring (bicyclic) bond motifs is 1. The number of halogens is 2. The molecule has 0 amide bonds. The van der Waals surface area contributed by atoms with Crippen LogP contribution in [0.15, 0.2) is 12.1 Å². The molecule has 1 aromatic heterocycles. The molecular formula is C11H8Cl2O2S. The highest BCUT2D eigenvalue weighted by molar-refractivity contribution is 7.23. The zero-order chi connectivity index (χ0) is 11.9. The number of carbonyl (C=O) groups is 1. The van der Waals surface area contributed by atoms with Crippen LogP contribution >= 0.6 is 34.5 Å². The molecule has 2 rings (SSSR count). The van der Waals surface area contributed by atoms with E-state index in [0.717, 1.165) is 21.4 Å². The Morgan fingerprint density at radius 3 is 2.69 bits per heavy atom. The Morgan fingerprint density at radius 2 is 2.12 bits per heavy atom. The first-order valence-corrected chi connectivity index (χ1v) is 6.08. The Bertz CT molecular complexity index is 575. The molecule has 0 radical (unpaired) electrons. The second kappa shape index (κ2) is 4.24. The van der Waals surface area contributed by atoms with E-state index in [-0.39, 0.29) is 0 Å². The molecule has 2 aromatic rings. The minimum absolute atomic E-state index is 0.381. The van der Waals surface area contributed by atoms with Crippen LogP contribution in [0.3, 0.4) is 0 Å². The molecule has 0 atom stereocenters. The second-order valence-corrected chi connectivity index (χ2v) is 5.11. The number of methoxy groups -OCH3 is 1. The number of ether oxygens (including phenoxy) is 1. The van der Waals surface area contributed by atoms with E-state index in [4.69, 9.17) is 27.9 Å². The first-order chi connectivity index (χ1) is 7.54. The van der Waals surface area contributed by atoms with E-state index >= 15 is 0 Å². The number of carbonyl (C=O) groups excluding carboxylic acids is 1. The molecule has 16 heavy (non-hydrogen) atoms. The summed E-state index contributed by atoms with van der Waals surface area (Å²) in [6.45, 7) is 1.94. The van der Waals surface area contributed by atoms with Crippen LogP contribution in [0.1, 0.15) is 15.2 Å². The number of rotatable bonds is 2. The van der Waals surface area contributed by atoms with Gasteiger partial charge in [-0.25, -0.2) is 0 Å². The number of hydrogen-bond acceptors (Lipinski definition) is 3. The molecule has 0 fully saturated rings. The number of thiophene rings is 1. The maximum atomic E-state index is 11.1. The SMILES string of the molecule is COc1cc2c(Cl)c(C(=O)Cl)sc2cc1C. The van der Waals surface area contributed by atoms with E-state index in [0.29, 0.717) is 9.90 Å². The summed E-state index contributed by atoms with van der Waals surface area (Å²) in [5.74, 6) is 0.751. The summed E-state index contributed by atoms with van der Waals surface area (Å²) < 4.78 is 6.14. The monoisotopic (exact) mass is 274 g/mol. The van der Waals surface area contributed by atoms with Gasteiger partial charge in [0.15, 0.2) is 0 Å². The third-order valence-electron chi connectivity index (χ3n) is 2.32. The van der Waals surface area contributed by atoms with Crippen LogP contribution in [-0.4, -0.2) is 12.4 Å². The van der Waals surface area contributed by atoms with Gasteiger partial charge in [-0.1, -0.05) is 11.6 Å². The Hall–Kier alpha value is -0.770. The van der Waals surface area contributed by atoms with Crippen molar-refractivity contribution < 1.29 is 9.53 Å². The van der Waals surface area contributed by atoms with Crippen LogP contribution in [0, 0.1) is 6.92 Å². The van der Waals surface area contributed by atoms with E-state index in [9.17, 15) is 4.79 Å². The third kappa shape index (κ3) is 1.79. The van der Waals surface area contributed by atoms with Gasteiger partial charge in [-0.05, 0) is 36.2 Å². The second-order valence-electron chi connectivity index (χ2n) is 3.34. The Kier molecular flexibility index (Phi) is 3.10. The molecular weight excluding hydrogens is 267 g/mol. The zero-order valence-corrected chi connectivity index (χ0v) is 11.0. The highest BCUT2D eigenvalue weighted by atomic mass is 35.5. The summed E-state index contributed by atoms with van der Waals surface area (Å²) in [4.78, 5) is 11.5. The normalized spacial score (nSPS) is 10.8. The van der Waals surface area contributed by atoms with Crippen LogP contribution in [0.2, 0.25) is 5.02 Å². The molecule has 5 heteroatoms. The molecule has 0 aliphatic rings. The summed E-state index contributed by atoms with van der Waals surface area (Å²) in [6.07, 6.45) is 0. The van der Waals surface area contributed by atoms with Crippen molar-refractivity contribution in [1.29, 1.82) is 0 Å². The van der Waals surface area contributed by atoms with Gasteiger partial charge in [-0.2, -0.15) is 0 Å². The molecule has 0 spiro atoms. The molecule has 0 saturated heterocycles. The summed E-state index contributed by atoms with van der Waals surface area (Å²) in [5, 5.41) is 0.680. The third-order valence-corrected chi connectivity index (χ3v) is 4.28. The molecule has 1 heterocycles. The quantitative estimate of drug-likeness (QED) is 0.766. The Morgan fingerprint density at radius 1 is 1.44 bits per heavy atom. The molecule has 1 aromatic carbocycles. The summed E-state index contributed by atoms with van der Waals surface area (Å²) in [6, 6.07) is 3.76. The van der Waals surface area contributed by atoms with Crippen LogP contribution in [0.25, 0.3) is 10.1 Å². The van der Waals surface area contributed by atoms with E-state index in [2.05, 4.69) is 0 Å². The summed E-state index contributed by atoms with van der Waals surface area (Å²) >= 11 is 12.8. The number of aryl methyl sites for hydroxylation is 1. The highest BCUT2D eigenvalue weighted by Gasteiger charge is 2.16. The maximum Gasteiger partial charge on any atom is 0.263 e. The van der Waals surface area contributed by atoms with Crippen molar-refractivity contribution in [1.82, 2.24) is 0 Å². The van der Waals surface area contributed by atoms with E-state index < -0.39 is 5.24 Å². The Balaban J connectivity index is 2.77. The van der Waals surface area contributed by atoms with Crippen LogP contribution in [0.5, 0.6) is 5.75 Å². The lowest BCUT2D eigenvalue weighted by molar-refractivity contribution is 0.108. The smallest absolute Gasteiger partial charge is 0.263 e. The van der Waals surface area contributed by atoms with Crippen molar-refractivity contribution >= 4 is 49.9 Å². The van der Waals surface area contributed by atoms with Crippen molar-refractivity contribution in [3.63, 3.8) is 0 Å². The minimum Gasteiger partial charge on any atom is -0.496 e. The van der Waals surface area contributed by atoms with E-state index in [1.54, 1.807) is 7.11 Å². The molecule has 0 unspecified atom stereocenters. The van der Waals surface area contributed by atoms with Gasteiger partial charge in [0, 0.05) is 10.1 Å². The predicted molar refractivity (Wildman–Crippen MR) is 68.3 cm³/mol. The molecule has 0 aliphatic heterocycles. The average Bonchev–Trinajstić information content (AvgIpc) is 2.54. The molecule has 0 saturated carbocycles. The van der Waals surface area contributed by atoms with E-state index in [1.165, 1.54) is 11.3 Å².